The van der Waals surface area contributed by atoms with Gasteiger partial charge in [-0.3, -0.25) is 10.1 Å². The van der Waals surface area contributed by atoms with Crippen LogP contribution in [0.15, 0.2) is 54.9 Å². The van der Waals surface area contributed by atoms with Crippen LogP contribution in [0.4, 0.5) is 17.1 Å². The normalized spacial score (nSPS) is 9.95. The molecule has 0 amide bonds. The van der Waals surface area contributed by atoms with E-state index < -0.39 is 10.7 Å². The van der Waals surface area contributed by atoms with Crippen LogP contribution in [0.2, 0.25) is 0 Å². The maximum absolute atomic E-state index is 10.6. The molecule has 108 valence electrons. The van der Waals surface area contributed by atoms with Crippen molar-refractivity contribution in [1.29, 1.82) is 0 Å². The van der Waals surface area contributed by atoms with Gasteiger partial charge in [0.2, 0.25) is 0 Å². The van der Waals surface area contributed by atoms with Crippen molar-refractivity contribution < 1.29 is 10.0 Å². The summed E-state index contributed by atoms with van der Waals surface area (Å²) in [5.41, 5.74) is 2.15. The lowest BCUT2D eigenvalue weighted by Crippen LogP contribution is -2.08. The molecule has 0 aliphatic rings. The molecule has 0 heterocycles. The maximum Gasteiger partial charge on any atom is 0.310 e. The Balaban J connectivity index is 2.06. The van der Waals surface area contributed by atoms with Crippen molar-refractivity contribution in [3.05, 3.63) is 70.5 Å². The summed E-state index contributed by atoms with van der Waals surface area (Å²) in [6.07, 6.45) is 0. The van der Waals surface area contributed by atoms with E-state index in [0.29, 0.717) is 11.5 Å². The highest BCUT2D eigenvalue weighted by Gasteiger charge is 2.13. The van der Waals surface area contributed by atoms with Crippen molar-refractivity contribution in [1.82, 2.24) is 0 Å². The number of nitro groups is 1. The van der Waals surface area contributed by atoms with Gasteiger partial charge in [-0.05, 0) is 30.7 Å². The molecule has 0 saturated carbocycles. The van der Waals surface area contributed by atoms with Gasteiger partial charge in [0.05, 0.1) is 4.92 Å². The minimum absolute atomic E-state index is 0.335. The van der Waals surface area contributed by atoms with E-state index in [2.05, 4.69) is 17.2 Å². The zero-order chi connectivity index (χ0) is 15.4. The summed E-state index contributed by atoms with van der Waals surface area (Å²) in [5.74, 6) is 0.0993. The standard InChI is InChI=1S/C15H15N3O3/c1-10-4-3-5-12(8-10)16-11(2)17-13-6-7-14(18(20)21)15(19)9-13/h3-9,16-17,19H,2H2,1H3. The largest absolute Gasteiger partial charge is 0.502 e. The van der Waals surface area contributed by atoms with Crippen molar-refractivity contribution in [2.45, 2.75) is 6.92 Å². The molecule has 0 bridgehead atoms. The van der Waals surface area contributed by atoms with Crippen molar-refractivity contribution in [2.24, 2.45) is 0 Å². The summed E-state index contributed by atoms with van der Waals surface area (Å²) < 4.78 is 0. The van der Waals surface area contributed by atoms with Crippen LogP contribution in [-0.4, -0.2) is 10.0 Å². The molecule has 0 spiro atoms. The molecule has 6 heteroatoms. The summed E-state index contributed by atoms with van der Waals surface area (Å²) in [7, 11) is 0. The van der Waals surface area contributed by atoms with Gasteiger partial charge in [0.15, 0.2) is 5.75 Å². The third-order valence-corrected chi connectivity index (χ3v) is 2.78. The van der Waals surface area contributed by atoms with Crippen LogP contribution in [0.3, 0.4) is 0 Å². The second-order valence-electron chi connectivity index (χ2n) is 4.56. The summed E-state index contributed by atoms with van der Waals surface area (Å²) in [5, 5.41) is 26.2. The first kappa shape index (κ1) is 14.4. The SMILES string of the molecule is C=C(Nc1cccc(C)c1)Nc1ccc([N+](=O)[O-])c(O)c1. The van der Waals surface area contributed by atoms with Crippen molar-refractivity contribution in [3.8, 4) is 5.75 Å². The van der Waals surface area contributed by atoms with E-state index in [0.717, 1.165) is 11.3 Å². The Hall–Kier alpha value is -3.02. The first-order valence-corrected chi connectivity index (χ1v) is 6.23. The molecule has 0 atom stereocenters. The minimum atomic E-state index is -0.640. The Kier molecular flexibility index (Phi) is 4.08. The molecule has 3 N–H and O–H groups in total. The number of nitrogens with one attached hydrogen (secondary N) is 2. The number of nitrogens with zero attached hydrogens (tertiary/aromatic N) is 1. The van der Waals surface area contributed by atoms with Gasteiger partial charge in [0.25, 0.3) is 0 Å². The quantitative estimate of drug-likeness (QED) is 0.577. The van der Waals surface area contributed by atoms with E-state index in [9.17, 15) is 15.2 Å². The molecule has 0 aromatic heterocycles. The van der Waals surface area contributed by atoms with Gasteiger partial charge in [0.1, 0.15) is 5.82 Å². The van der Waals surface area contributed by atoms with Crippen molar-refractivity contribution >= 4 is 17.1 Å². The van der Waals surface area contributed by atoms with E-state index in [-0.39, 0.29) is 5.69 Å². The predicted molar refractivity (Wildman–Crippen MR) is 82.3 cm³/mol. The Bertz CT molecular complexity index is 698. The molecular weight excluding hydrogens is 270 g/mol. The van der Waals surface area contributed by atoms with Crippen LogP contribution in [-0.2, 0) is 0 Å². The number of anilines is 2. The van der Waals surface area contributed by atoms with Gasteiger partial charge in [-0.1, -0.05) is 18.7 Å². The number of aryl methyl sites for hydroxylation is 1. The van der Waals surface area contributed by atoms with E-state index in [1.165, 1.54) is 18.2 Å². The fourth-order valence-corrected chi connectivity index (χ4v) is 1.86. The maximum atomic E-state index is 10.6. The summed E-state index contributed by atoms with van der Waals surface area (Å²) in [6.45, 7) is 5.81. The fourth-order valence-electron chi connectivity index (χ4n) is 1.86. The third kappa shape index (κ3) is 3.73. The second-order valence-corrected chi connectivity index (χ2v) is 4.56. The van der Waals surface area contributed by atoms with Crippen LogP contribution in [0.1, 0.15) is 5.56 Å². The topological polar surface area (TPSA) is 87.4 Å². The van der Waals surface area contributed by atoms with E-state index in [1.807, 2.05) is 31.2 Å². The van der Waals surface area contributed by atoms with E-state index in [1.54, 1.807) is 0 Å². The molecule has 2 rings (SSSR count). The summed E-state index contributed by atoms with van der Waals surface area (Å²) in [6, 6.07) is 11.8. The van der Waals surface area contributed by atoms with Crippen LogP contribution >= 0.6 is 0 Å². The molecule has 2 aromatic carbocycles. The van der Waals surface area contributed by atoms with Gasteiger partial charge in [-0.25, -0.2) is 0 Å². The second kappa shape index (κ2) is 5.96. The lowest BCUT2D eigenvalue weighted by atomic mass is 10.2. The molecule has 0 radical (unpaired) electrons. The molecule has 0 saturated heterocycles. The average molecular weight is 285 g/mol. The first-order chi connectivity index (χ1) is 9.95. The monoisotopic (exact) mass is 285 g/mol. The van der Waals surface area contributed by atoms with Crippen LogP contribution in [0.25, 0.3) is 0 Å². The number of hydrogen-bond donors (Lipinski definition) is 3. The van der Waals surface area contributed by atoms with Gasteiger partial charge in [0, 0.05) is 23.5 Å². The Morgan fingerprint density at radius 1 is 1.19 bits per heavy atom. The third-order valence-electron chi connectivity index (χ3n) is 2.78. The highest BCUT2D eigenvalue weighted by atomic mass is 16.6. The van der Waals surface area contributed by atoms with Crippen LogP contribution in [0.5, 0.6) is 5.75 Å². The summed E-state index contributed by atoms with van der Waals surface area (Å²) >= 11 is 0. The fraction of sp³-hybridized carbons (Fsp3) is 0.0667. The van der Waals surface area contributed by atoms with Gasteiger partial charge in [-0.2, -0.15) is 0 Å². The molecule has 0 unspecified atom stereocenters. The zero-order valence-corrected chi connectivity index (χ0v) is 11.5. The minimum Gasteiger partial charge on any atom is -0.502 e. The highest BCUT2D eigenvalue weighted by molar-refractivity contribution is 5.61. The van der Waals surface area contributed by atoms with Crippen molar-refractivity contribution in [2.75, 3.05) is 10.6 Å². The number of nitro benzene ring substituents is 1. The molecule has 0 aliphatic carbocycles. The molecular formula is C15H15N3O3. The number of phenolic OH excluding ortho intramolecular Hbond substituents is 1. The number of rotatable bonds is 5. The van der Waals surface area contributed by atoms with Crippen LogP contribution < -0.4 is 10.6 Å². The van der Waals surface area contributed by atoms with Crippen molar-refractivity contribution in [3.63, 3.8) is 0 Å². The Morgan fingerprint density at radius 3 is 2.43 bits per heavy atom. The first-order valence-electron chi connectivity index (χ1n) is 6.23. The lowest BCUT2D eigenvalue weighted by Gasteiger charge is -2.12. The molecule has 0 aliphatic heterocycles. The number of aromatic hydroxyl groups is 1. The number of hydrogen-bond acceptors (Lipinski definition) is 5. The van der Waals surface area contributed by atoms with Crippen LogP contribution in [0, 0.1) is 17.0 Å². The number of phenols is 1. The average Bonchev–Trinajstić information content (AvgIpc) is 2.38. The summed E-state index contributed by atoms with van der Waals surface area (Å²) in [4.78, 5) is 9.98. The molecule has 21 heavy (non-hydrogen) atoms. The highest BCUT2D eigenvalue weighted by Crippen LogP contribution is 2.29. The predicted octanol–water partition coefficient (Wildman–Crippen LogP) is 3.60. The molecule has 2 aromatic rings. The number of benzene rings is 2. The lowest BCUT2D eigenvalue weighted by molar-refractivity contribution is -0.385. The van der Waals surface area contributed by atoms with E-state index >= 15 is 0 Å². The molecule has 0 fully saturated rings. The van der Waals surface area contributed by atoms with E-state index in [4.69, 9.17) is 0 Å². The zero-order valence-electron chi connectivity index (χ0n) is 11.5. The van der Waals surface area contributed by atoms with Gasteiger partial charge in [-0.15, -0.1) is 0 Å². The van der Waals surface area contributed by atoms with Gasteiger partial charge < -0.3 is 15.7 Å². The van der Waals surface area contributed by atoms with Gasteiger partial charge >= 0.3 is 5.69 Å². The smallest absolute Gasteiger partial charge is 0.310 e. The Morgan fingerprint density at radius 2 is 1.86 bits per heavy atom. The Labute approximate surface area is 121 Å². The molecule has 6 nitrogen and oxygen atoms in total.